The molecule has 13 heavy (non-hydrogen) atoms. The molecule has 76 valence electrons. The SMILES string of the molecule is CN(C)CC(=O)NC1CCNCC1. The van der Waals surface area contributed by atoms with E-state index >= 15 is 0 Å². The molecule has 1 aliphatic rings. The van der Waals surface area contributed by atoms with Crippen molar-refractivity contribution in [2.45, 2.75) is 18.9 Å². The molecule has 1 amide bonds. The molecule has 0 aromatic rings. The van der Waals surface area contributed by atoms with Gasteiger partial charge in [-0.15, -0.1) is 0 Å². The van der Waals surface area contributed by atoms with E-state index in [2.05, 4.69) is 10.6 Å². The van der Waals surface area contributed by atoms with E-state index in [0.717, 1.165) is 25.9 Å². The van der Waals surface area contributed by atoms with Gasteiger partial charge in [-0.2, -0.15) is 0 Å². The van der Waals surface area contributed by atoms with Crippen molar-refractivity contribution in [2.24, 2.45) is 0 Å². The molecule has 1 rings (SSSR count). The zero-order valence-corrected chi connectivity index (χ0v) is 8.47. The van der Waals surface area contributed by atoms with Crippen LogP contribution in [0.5, 0.6) is 0 Å². The number of carbonyl (C=O) groups is 1. The maximum atomic E-state index is 11.3. The Bertz CT molecular complexity index is 164. The first kappa shape index (κ1) is 10.5. The fourth-order valence-electron chi connectivity index (χ4n) is 1.53. The zero-order chi connectivity index (χ0) is 9.68. The summed E-state index contributed by atoms with van der Waals surface area (Å²) < 4.78 is 0. The van der Waals surface area contributed by atoms with Crippen LogP contribution in [0.25, 0.3) is 0 Å². The van der Waals surface area contributed by atoms with Crippen LogP contribution in [0, 0.1) is 0 Å². The zero-order valence-electron chi connectivity index (χ0n) is 8.47. The maximum absolute atomic E-state index is 11.3. The monoisotopic (exact) mass is 185 g/mol. The Morgan fingerprint density at radius 1 is 1.46 bits per heavy atom. The normalized spacial score (nSPS) is 19.0. The molecule has 1 aliphatic heterocycles. The molecule has 0 atom stereocenters. The van der Waals surface area contributed by atoms with Gasteiger partial charge in [-0.3, -0.25) is 4.79 Å². The molecule has 4 nitrogen and oxygen atoms in total. The summed E-state index contributed by atoms with van der Waals surface area (Å²) in [5, 5.41) is 6.30. The van der Waals surface area contributed by atoms with Gasteiger partial charge >= 0.3 is 0 Å². The number of hydrogen-bond donors (Lipinski definition) is 2. The van der Waals surface area contributed by atoms with E-state index in [1.165, 1.54) is 0 Å². The van der Waals surface area contributed by atoms with Crippen molar-refractivity contribution >= 4 is 5.91 Å². The van der Waals surface area contributed by atoms with E-state index in [0.29, 0.717) is 12.6 Å². The smallest absolute Gasteiger partial charge is 0.234 e. The number of rotatable bonds is 3. The third-order valence-electron chi connectivity index (χ3n) is 2.16. The summed E-state index contributed by atoms with van der Waals surface area (Å²) in [6.45, 7) is 2.53. The second-order valence-corrected chi connectivity index (χ2v) is 3.83. The molecule has 1 heterocycles. The minimum Gasteiger partial charge on any atom is -0.352 e. The van der Waals surface area contributed by atoms with E-state index < -0.39 is 0 Å². The van der Waals surface area contributed by atoms with E-state index in [4.69, 9.17) is 0 Å². The van der Waals surface area contributed by atoms with Gasteiger partial charge in [-0.1, -0.05) is 0 Å². The standard InChI is InChI=1S/C9H19N3O/c1-12(2)7-9(13)11-8-3-5-10-6-4-8/h8,10H,3-7H2,1-2H3,(H,11,13). The number of nitrogens with zero attached hydrogens (tertiary/aromatic N) is 1. The summed E-state index contributed by atoms with van der Waals surface area (Å²) in [6, 6.07) is 0.383. The number of likely N-dealkylation sites (N-methyl/N-ethyl adjacent to an activating group) is 1. The molecule has 0 saturated carbocycles. The lowest BCUT2D eigenvalue weighted by Gasteiger charge is -2.24. The van der Waals surface area contributed by atoms with E-state index in [9.17, 15) is 4.79 Å². The highest BCUT2D eigenvalue weighted by Gasteiger charge is 2.14. The van der Waals surface area contributed by atoms with Crippen LogP contribution in [0.15, 0.2) is 0 Å². The third-order valence-corrected chi connectivity index (χ3v) is 2.16. The molecule has 1 fully saturated rings. The quantitative estimate of drug-likeness (QED) is 0.618. The molecule has 0 aromatic carbocycles. The average Bonchev–Trinajstić information content (AvgIpc) is 2.04. The molecule has 0 spiro atoms. The van der Waals surface area contributed by atoms with Crippen LogP contribution in [-0.4, -0.2) is 50.6 Å². The molecule has 0 aromatic heterocycles. The van der Waals surface area contributed by atoms with Crippen LogP contribution in [-0.2, 0) is 4.79 Å². The van der Waals surface area contributed by atoms with Gasteiger partial charge in [0.15, 0.2) is 0 Å². The van der Waals surface area contributed by atoms with Crippen molar-refractivity contribution < 1.29 is 4.79 Å². The van der Waals surface area contributed by atoms with E-state index in [-0.39, 0.29) is 5.91 Å². The summed E-state index contributed by atoms with van der Waals surface area (Å²) in [5.74, 6) is 0.136. The van der Waals surface area contributed by atoms with Crippen molar-refractivity contribution in [1.29, 1.82) is 0 Å². The van der Waals surface area contributed by atoms with Gasteiger partial charge in [0.25, 0.3) is 0 Å². The van der Waals surface area contributed by atoms with Crippen molar-refractivity contribution in [1.82, 2.24) is 15.5 Å². The molecule has 1 saturated heterocycles. The van der Waals surface area contributed by atoms with Gasteiger partial charge in [-0.25, -0.2) is 0 Å². The number of nitrogens with one attached hydrogen (secondary N) is 2. The third kappa shape index (κ3) is 4.24. The molecule has 4 heteroatoms. The fraction of sp³-hybridized carbons (Fsp3) is 0.889. The average molecular weight is 185 g/mol. The fourth-order valence-corrected chi connectivity index (χ4v) is 1.53. The topological polar surface area (TPSA) is 44.4 Å². The van der Waals surface area contributed by atoms with Crippen molar-refractivity contribution in [3.63, 3.8) is 0 Å². The Labute approximate surface area is 79.7 Å². The van der Waals surface area contributed by atoms with Crippen molar-refractivity contribution in [3.8, 4) is 0 Å². The van der Waals surface area contributed by atoms with Crippen LogP contribution < -0.4 is 10.6 Å². The number of piperidine rings is 1. The summed E-state index contributed by atoms with van der Waals surface area (Å²) in [5.41, 5.74) is 0. The molecule has 2 N–H and O–H groups in total. The Morgan fingerprint density at radius 2 is 2.08 bits per heavy atom. The van der Waals surface area contributed by atoms with E-state index in [1.807, 2.05) is 19.0 Å². The second kappa shape index (κ2) is 5.19. The predicted molar refractivity (Wildman–Crippen MR) is 52.6 cm³/mol. The minimum atomic E-state index is 0.136. The molecule has 0 radical (unpaired) electrons. The number of hydrogen-bond acceptors (Lipinski definition) is 3. The number of amides is 1. The molecular formula is C9H19N3O. The summed E-state index contributed by atoms with van der Waals surface area (Å²) >= 11 is 0. The summed E-state index contributed by atoms with van der Waals surface area (Å²) in [6.07, 6.45) is 2.11. The molecular weight excluding hydrogens is 166 g/mol. The minimum absolute atomic E-state index is 0.136. The summed E-state index contributed by atoms with van der Waals surface area (Å²) in [7, 11) is 3.81. The Kier molecular flexibility index (Phi) is 4.18. The van der Waals surface area contributed by atoms with Gasteiger partial charge in [0.05, 0.1) is 6.54 Å². The lowest BCUT2D eigenvalue weighted by Crippen LogP contribution is -2.45. The Balaban J connectivity index is 2.18. The van der Waals surface area contributed by atoms with Gasteiger partial charge < -0.3 is 15.5 Å². The van der Waals surface area contributed by atoms with Crippen molar-refractivity contribution in [3.05, 3.63) is 0 Å². The number of carbonyl (C=O) groups excluding carboxylic acids is 1. The lowest BCUT2D eigenvalue weighted by molar-refractivity contribution is -0.122. The second-order valence-electron chi connectivity index (χ2n) is 3.83. The van der Waals surface area contributed by atoms with Crippen LogP contribution in [0.3, 0.4) is 0 Å². The Hall–Kier alpha value is -0.610. The highest BCUT2D eigenvalue weighted by Crippen LogP contribution is 2.01. The van der Waals surface area contributed by atoms with Crippen molar-refractivity contribution in [2.75, 3.05) is 33.7 Å². The van der Waals surface area contributed by atoms with Crippen LogP contribution in [0.1, 0.15) is 12.8 Å². The van der Waals surface area contributed by atoms with Crippen LogP contribution in [0.2, 0.25) is 0 Å². The van der Waals surface area contributed by atoms with Gasteiger partial charge in [-0.05, 0) is 40.0 Å². The highest BCUT2D eigenvalue weighted by molar-refractivity contribution is 5.78. The first-order valence-electron chi connectivity index (χ1n) is 4.83. The first-order chi connectivity index (χ1) is 6.18. The van der Waals surface area contributed by atoms with Crippen LogP contribution >= 0.6 is 0 Å². The van der Waals surface area contributed by atoms with E-state index in [1.54, 1.807) is 0 Å². The largest absolute Gasteiger partial charge is 0.352 e. The molecule has 0 aliphatic carbocycles. The molecule has 0 bridgehead atoms. The van der Waals surface area contributed by atoms with Gasteiger partial charge in [0, 0.05) is 6.04 Å². The summed E-state index contributed by atoms with van der Waals surface area (Å²) in [4.78, 5) is 13.2. The maximum Gasteiger partial charge on any atom is 0.234 e. The first-order valence-corrected chi connectivity index (χ1v) is 4.83. The highest BCUT2D eigenvalue weighted by atomic mass is 16.2. The van der Waals surface area contributed by atoms with Gasteiger partial charge in [0.1, 0.15) is 0 Å². The molecule has 0 unspecified atom stereocenters. The predicted octanol–water partition coefficient (Wildman–Crippen LogP) is -0.584. The lowest BCUT2D eigenvalue weighted by atomic mass is 10.1. The van der Waals surface area contributed by atoms with Crippen LogP contribution in [0.4, 0.5) is 0 Å². The van der Waals surface area contributed by atoms with Gasteiger partial charge in [0.2, 0.25) is 5.91 Å². The Morgan fingerprint density at radius 3 is 2.62 bits per heavy atom.